The average Bonchev–Trinajstić information content (AvgIpc) is 2.99. The molecule has 0 aliphatic heterocycles. The third kappa shape index (κ3) is 3.91. The van der Waals surface area contributed by atoms with Crippen LogP contribution in [0.25, 0.3) is 0 Å². The van der Waals surface area contributed by atoms with Gasteiger partial charge in [-0.05, 0) is 32.0 Å². The molecule has 0 aliphatic carbocycles. The van der Waals surface area contributed by atoms with Gasteiger partial charge in [0.1, 0.15) is 12.4 Å². The molecule has 1 heterocycles. The molecule has 2 aromatic rings. The van der Waals surface area contributed by atoms with Gasteiger partial charge < -0.3 is 19.2 Å². The van der Waals surface area contributed by atoms with Gasteiger partial charge in [-0.2, -0.15) is 0 Å². The standard InChI is InChI=1S/C17H19NO5/c1-12-9-10-22-14(12)15(19)18-17(2,16(20)21-3)11-23-13-7-5-4-6-8-13/h4-10H,11H2,1-3H3,(H,18,19). The van der Waals surface area contributed by atoms with Crippen molar-refractivity contribution in [2.24, 2.45) is 0 Å². The maximum Gasteiger partial charge on any atom is 0.334 e. The van der Waals surface area contributed by atoms with Crippen molar-refractivity contribution in [2.75, 3.05) is 13.7 Å². The van der Waals surface area contributed by atoms with Gasteiger partial charge in [0.2, 0.25) is 0 Å². The monoisotopic (exact) mass is 317 g/mol. The SMILES string of the molecule is COC(=O)C(C)(COc1ccccc1)NC(=O)c1occc1C. The van der Waals surface area contributed by atoms with Crippen LogP contribution in [0.15, 0.2) is 47.1 Å². The van der Waals surface area contributed by atoms with Crippen molar-refractivity contribution in [3.05, 3.63) is 54.0 Å². The maximum absolute atomic E-state index is 12.3. The Morgan fingerprint density at radius 1 is 1.22 bits per heavy atom. The minimum Gasteiger partial charge on any atom is -0.491 e. The van der Waals surface area contributed by atoms with Crippen molar-refractivity contribution in [3.8, 4) is 5.75 Å². The van der Waals surface area contributed by atoms with Gasteiger partial charge in [-0.3, -0.25) is 4.79 Å². The van der Waals surface area contributed by atoms with Gasteiger partial charge in [-0.1, -0.05) is 18.2 Å². The molecule has 0 fully saturated rings. The number of esters is 1. The first kappa shape index (κ1) is 16.6. The lowest BCUT2D eigenvalue weighted by Crippen LogP contribution is -2.56. The van der Waals surface area contributed by atoms with Crippen LogP contribution >= 0.6 is 0 Å². The normalized spacial score (nSPS) is 13.0. The van der Waals surface area contributed by atoms with Gasteiger partial charge >= 0.3 is 5.97 Å². The van der Waals surface area contributed by atoms with Crippen LogP contribution in [0.1, 0.15) is 23.0 Å². The second kappa shape index (κ2) is 7.00. The third-order valence-electron chi connectivity index (χ3n) is 3.36. The maximum atomic E-state index is 12.3. The summed E-state index contributed by atoms with van der Waals surface area (Å²) in [5.41, 5.74) is -0.667. The summed E-state index contributed by atoms with van der Waals surface area (Å²) in [5, 5.41) is 2.63. The summed E-state index contributed by atoms with van der Waals surface area (Å²) < 4.78 is 15.5. The Balaban J connectivity index is 2.13. The molecular weight excluding hydrogens is 298 g/mol. The van der Waals surface area contributed by atoms with Crippen LogP contribution in [-0.4, -0.2) is 31.1 Å². The Hall–Kier alpha value is -2.76. The third-order valence-corrected chi connectivity index (χ3v) is 3.36. The van der Waals surface area contributed by atoms with Crippen LogP contribution in [0.2, 0.25) is 0 Å². The van der Waals surface area contributed by atoms with Gasteiger partial charge in [0.05, 0.1) is 13.4 Å². The van der Waals surface area contributed by atoms with Gasteiger partial charge in [-0.15, -0.1) is 0 Å². The Bertz CT molecular complexity index is 679. The van der Waals surface area contributed by atoms with Crippen molar-refractivity contribution in [1.82, 2.24) is 5.32 Å². The van der Waals surface area contributed by atoms with E-state index in [0.717, 1.165) is 0 Å². The molecule has 0 saturated carbocycles. The Labute approximate surface area is 134 Å². The van der Waals surface area contributed by atoms with E-state index >= 15 is 0 Å². The summed E-state index contributed by atoms with van der Waals surface area (Å²) in [6, 6.07) is 10.7. The molecule has 1 N–H and O–H groups in total. The largest absolute Gasteiger partial charge is 0.491 e. The zero-order valence-corrected chi connectivity index (χ0v) is 13.3. The number of carbonyl (C=O) groups excluding carboxylic acids is 2. The number of benzene rings is 1. The first-order valence-electron chi connectivity index (χ1n) is 7.09. The molecule has 2 rings (SSSR count). The minimum atomic E-state index is -1.35. The molecule has 1 aromatic carbocycles. The Morgan fingerprint density at radius 3 is 2.48 bits per heavy atom. The van der Waals surface area contributed by atoms with E-state index in [2.05, 4.69) is 5.32 Å². The van der Waals surface area contributed by atoms with Gasteiger partial charge in [-0.25, -0.2) is 4.79 Å². The quantitative estimate of drug-likeness (QED) is 0.827. The van der Waals surface area contributed by atoms with Gasteiger partial charge in [0, 0.05) is 5.56 Å². The molecule has 0 spiro atoms. The number of methoxy groups -OCH3 is 1. The van der Waals surface area contributed by atoms with Crippen LogP contribution < -0.4 is 10.1 Å². The van der Waals surface area contributed by atoms with Crippen molar-refractivity contribution in [1.29, 1.82) is 0 Å². The molecule has 1 atom stereocenters. The molecule has 6 nitrogen and oxygen atoms in total. The van der Waals surface area contributed by atoms with Crippen LogP contribution in [0.3, 0.4) is 0 Å². The number of aryl methyl sites for hydroxylation is 1. The number of rotatable bonds is 6. The van der Waals surface area contributed by atoms with E-state index in [4.69, 9.17) is 13.9 Å². The molecule has 0 saturated heterocycles. The first-order valence-corrected chi connectivity index (χ1v) is 7.09. The van der Waals surface area contributed by atoms with E-state index in [1.807, 2.05) is 18.2 Å². The number of hydrogen-bond acceptors (Lipinski definition) is 5. The highest BCUT2D eigenvalue weighted by Crippen LogP contribution is 2.16. The van der Waals surface area contributed by atoms with E-state index < -0.39 is 17.4 Å². The summed E-state index contributed by atoms with van der Waals surface area (Å²) in [6.07, 6.45) is 1.42. The average molecular weight is 317 g/mol. The summed E-state index contributed by atoms with van der Waals surface area (Å²) in [7, 11) is 1.26. The van der Waals surface area contributed by atoms with Crippen molar-refractivity contribution in [3.63, 3.8) is 0 Å². The highest BCUT2D eigenvalue weighted by Gasteiger charge is 2.38. The van der Waals surface area contributed by atoms with E-state index in [1.165, 1.54) is 20.3 Å². The van der Waals surface area contributed by atoms with Crippen LogP contribution in [-0.2, 0) is 9.53 Å². The molecule has 1 unspecified atom stereocenters. The molecule has 0 radical (unpaired) electrons. The van der Waals surface area contributed by atoms with E-state index in [1.54, 1.807) is 25.1 Å². The smallest absolute Gasteiger partial charge is 0.334 e. The predicted octanol–water partition coefficient (Wildman–Crippen LogP) is 2.33. The second-order valence-corrected chi connectivity index (χ2v) is 5.31. The van der Waals surface area contributed by atoms with Crippen LogP contribution in [0, 0.1) is 6.92 Å². The molecule has 122 valence electrons. The number of furan rings is 1. The zero-order valence-electron chi connectivity index (χ0n) is 13.3. The molecular formula is C17H19NO5. The fourth-order valence-corrected chi connectivity index (χ4v) is 2.03. The number of amides is 1. The summed E-state index contributed by atoms with van der Waals surface area (Å²) in [5.74, 6) is -0.367. The van der Waals surface area contributed by atoms with E-state index in [9.17, 15) is 9.59 Å². The van der Waals surface area contributed by atoms with Gasteiger partial charge in [0.15, 0.2) is 11.3 Å². The van der Waals surface area contributed by atoms with E-state index in [-0.39, 0.29) is 12.4 Å². The molecule has 0 bridgehead atoms. The number of para-hydroxylation sites is 1. The summed E-state index contributed by atoms with van der Waals surface area (Å²) >= 11 is 0. The highest BCUT2D eigenvalue weighted by molar-refractivity contribution is 5.97. The van der Waals surface area contributed by atoms with Crippen molar-refractivity contribution >= 4 is 11.9 Å². The Kier molecular flexibility index (Phi) is 5.05. The van der Waals surface area contributed by atoms with Crippen LogP contribution in [0.4, 0.5) is 0 Å². The van der Waals surface area contributed by atoms with Gasteiger partial charge in [0.25, 0.3) is 5.91 Å². The lowest BCUT2D eigenvalue weighted by Gasteiger charge is -2.27. The Morgan fingerprint density at radius 2 is 1.91 bits per heavy atom. The number of carbonyl (C=O) groups is 2. The summed E-state index contributed by atoms with van der Waals surface area (Å²) in [4.78, 5) is 24.4. The molecule has 6 heteroatoms. The molecule has 0 aliphatic rings. The fourth-order valence-electron chi connectivity index (χ4n) is 2.03. The number of nitrogens with one attached hydrogen (secondary N) is 1. The minimum absolute atomic E-state index is 0.0742. The molecule has 23 heavy (non-hydrogen) atoms. The lowest BCUT2D eigenvalue weighted by molar-refractivity contribution is -0.148. The summed E-state index contributed by atoms with van der Waals surface area (Å²) in [6.45, 7) is 3.21. The van der Waals surface area contributed by atoms with E-state index in [0.29, 0.717) is 11.3 Å². The number of ether oxygens (including phenoxy) is 2. The zero-order chi connectivity index (χ0) is 16.9. The first-order chi connectivity index (χ1) is 11.0. The topological polar surface area (TPSA) is 77.8 Å². The number of hydrogen-bond donors (Lipinski definition) is 1. The lowest BCUT2D eigenvalue weighted by atomic mass is 10.0. The predicted molar refractivity (Wildman–Crippen MR) is 83.3 cm³/mol. The van der Waals surface area contributed by atoms with Crippen LogP contribution in [0.5, 0.6) is 5.75 Å². The molecule has 1 aromatic heterocycles. The van der Waals surface area contributed by atoms with Crippen molar-refractivity contribution in [2.45, 2.75) is 19.4 Å². The fraction of sp³-hybridized carbons (Fsp3) is 0.294. The highest BCUT2D eigenvalue weighted by atomic mass is 16.5. The molecule has 1 amide bonds. The second-order valence-electron chi connectivity index (χ2n) is 5.31. The van der Waals surface area contributed by atoms with Crippen molar-refractivity contribution < 1.29 is 23.5 Å².